The van der Waals surface area contributed by atoms with Crippen LogP contribution in [0.4, 0.5) is 0 Å². The maximum absolute atomic E-state index is 5.92. The van der Waals surface area contributed by atoms with Gasteiger partial charge in [-0.25, -0.2) is 0 Å². The Hall–Kier alpha value is -0.670. The number of fused-ring (bicyclic) bond motifs is 1. The molecule has 2 aliphatic heterocycles. The second kappa shape index (κ2) is 4.91. The molecule has 0 spiro atoms. The zero-order valence-electron chi connectivity index (χ0n) is 10.2. The van der Waals surface area contributed by atoms with Crippen molar-refractivity contribution in [2.24, 2.45) is 0 Å². The van der Waals surface area contributed by atoms with Gasteiger partial charge in [0.1, 0.15) is 11.9 Å². The lowest BCUT2D eigenvalue weighted by atomic mass is 10.1. The molecule has 1 saturated heterocycles. The molecule has 1 aromatic carbocycles. The highest BCUT2D eigenvalue weighted by atomic mass is 32.2. The SMILES string of the molecule is CC1CC(NCC2Cc3ccccc3O2)CS1. The summed E-state index contributed by atoms with van der Waals surface area (Å²) in [5.41, 5.74) is 1.36. The third-order valence-electron chi connectivity index (χ3n) is 3.55. The van der Waals surface area contributed by atoms with Crippen molar-refractivity contribution in [3.8, 4) is 5.75 Å². The predicted molar refractivity (Wildman–Crippen MR) is 72.9 cm³/mol. The molecule has 0 aromatic heterocycles. The first-order valence-corrected chi connectivity index (χ1v) is 7.45. The van der Waals surface area contributed by atoms with Crippen LogP contribution < -0.4 is 10.1 Å². The topological polar surface area (TPSA) is 21.3 Å². The van der Waals surface area contributed by atoms with Gasteiger partial charge in [0.2, 0.25) is 0 Å². The zero-order chi connectivity index (χ0) is 11.7. The number of para-hydroxylation sites is 1. The number of benzene rings is 1. The quantitative estimate of drug-likeness (QED) is 0.889. The van der Waals surface area contributed by atoms with E-state index in [4.69, 9.17) is 4.74 Å². The van der Waals surface area contributed by atoms with Crippen LogP contribution in [0.1, 0.15) is 18.9 Å². The van der Waals surface area contributed by atoms with E-state index in [-0.39, 0.29) is 0 Å². The number of thioether (sulfide) groups is 1. The number of ether oxygens (including phenoxy) is 1. The van der Waals surface area contributed by atoms with Crippen LogP contribution in [0.2, 0.25) is 0 Å². The third-order valence-corrected chi connectivity index (χ3v) is 4.90. The van der Waals surface area contributed by atoms with Crippen LogP contribution in [0.25, 0.3) is 0 Å². The van der Waals surface area contributed by atoms with Crippen molar-refractivity contribution in [1.29, 1.82) is 0 Å². The molecule has 1 aromatic rings. The Kier molecular flexibility index (Phi) is 3.30. The molecule has 17 heavy (non-hydrogen) atoms. The first kappa shape index (κ1) is 11.4. The van der Waals surface area contributed by atoms with Gasteiger partial charge >= 0.3 is 0 Å². The summed E-state index contributed by atoms with van der Waals surface area (Å²) in [6, 6.07) is 9.06. The molecule has 0 bridgehead atoms. The van der Waals surface area contributed by atoms with Crippen molar-refractivity contribution in [2.75, 3.05) is 12.3 Å². The number of rotatable bonds is 3. The summed E-state index contributed by atoms with van der Waals surface area (Å²) in [4.78, 5) is 0. The van der Waals surface area contributed by atoms with Crippen LogP contribution in [0.15, 0.2) is 24.3 Å². The lowest BCUT2D eigenvalue weighted by molar-refractivity contribution is 0.222. The molecule has 2 nitrogen and oxygen atoms in total. The summed E-state index contributed by atoms with van der Waals surface area (Å²) in [6.45, 7) is 3.29. The third kappa shape index (κ3) is 2.61. The van der Waals surface area contributed by atoms with Crippen molar-refractivity contribution < 1.29 is 4.74 Å². The fourth-order valence-electron chi connectivity index (χ4n) is 2.63. The van der Waals surface area contributed by atoms with E-state index >= 15 is 0 Å². The lowest BCUT2D eigenvalue weighted by Crippen LogP contribution is -2.37. The van der Waals surface area contributed by atoms with Crippen LogP contribution in [-0.2, 0) is 6.42 Å². The second-order valence-electron chi connectivity index (χ2n) is 5.04. The molecule has 3 rings (SSSR count). The molecule has 0 radical (unpaired) electrons. The van der Waals surface area contributed by atoms with E-state index in [9.17, 15) is 0 Å². The smallest absolute Gasteiger partial charge is 0.123 e. The van der Waals surface area contributed by atoms with Gasteiger partial charge in [-0.05, 0) is 18.1 Å². The highest BCUT2D eigenvalue weighted by molar-refractivity contribution is 8.00. The largest absolute Gasteiger partial charge is 0.488 e. The first-order valence-electron chi connectivity index (χ1n) is 6.41. The minimum Gasteiger partial charge on any atom is -0.488 e. The minimum atomic E-state index is 0.327. The standard InChI is InChI=1S/C14H19NOS/c1-10-6-12(9-17-10)15-8-13-7-11-4-2-3-5-14(11)16-13/h2-5,10,12-13,15H,6-9H2,1H3. The van der Waals surface area contributed by atoms with Crippen LogP contribution >= 0.6 is 11.8 Å². The fraction of sp³-hybridized carbons (Fsp3) is 0.571. The number of hydrogen-bond donors (Lipinski definition) is 1. The predicted octanol–water partition coefficient (Wildman–Crippen LogP) is 2.47. The van der Waals surface area contributed by atoms with E-state index in [2.05, 4.69) is 42.2 Å². The monoisotopic (exact) mass is 249 g/mol. The molecule has 0 saturated carbocycles. The highest BCUT2D eigenvalue weighted by Crippen LogP contribution is 2.29. The van der Waals surface area contributed by atoms with Crippen molar-refractivity contribution in [2.45, 2.75) is 37.2 Å². The van der Waals surface area contributed by atoms with Gasteiger partial charge in [0.15, 0.2) is 0 Å². The Balaban J connectivity index is 1.49. The molecular weight excluding hydrogens is 230 g/mol. The summed E-state index contributed by atoms with van der Waals surface area (Å²) < 4.78 is 5.92. The maximum Gasteiger partial charge on any atom is 0.123 e. The molecule has 1 fully saturated rings. The van der Waals surface area contributed by atoms with Crippen molar-refractivity contribution in [3.05, 3.63) is 29.8 Å². The van der Waals surface area contributed by atoms with Crippen LogP contribution in [-0.4, -0.2) is 29.7 Å². The molecular formula is C14H19NOS. The van der Waals surface area contributed by atoms with Gasteiger partial charge in [-0.3, -0.25) is 0 Å². The molecule has 92 valence electrons. The second-order valence-corrected chi connectivity index (χ2v) is 6.51. The summed E-state index contributed by atoms with van der Waals surface area (Å²) >= 11 is 2.07. The Bertz CT molecular complexity index is 371. The van der Waals surface area contributed by atoms with E-state index in [1.807, 2.05) is 6.07 Å². The summed E-state index contributed by atoms with van der Waals surface area (Å²) in [5, 5.41) is 4.46. The average molecular weight is 249 g/mol. The number of nitrogens with one attached hydrogen (secondary N) is 1. The molecule has 1 N–H and O–H groups in total. The molecule has 0 amide bonds. The summed E-state index contributed by atoms with van der Waals surface area (Å²) in [7, 11) is 0. The normalized spacial score (nSPS) is 31.2. The van der Waals surface area contributed by atoms with E-state index in [0.29, 0.717) is 12.1 Å². The van der Waals surface area contributed by atoms with Crippen molar-refractivity contribution in [1.82, 2.24) is 5.32 Å². The van der Waals surface area contributed by atoms with Gasteiger partial charge < -0.3 is 10.1 Å². The van der Waals surface area contributed by atoms with Crippen LogP contribution in [0.3, 0.4) is 0 Å². The van der Waals surface area contributed by atoms with Crippen LogP contribution in [0, 0.1) is 0 Å². The Morgan fingerprint density at radius 1 is 1.41 bits per heavy atom. The average Bonchev–Trinajstić information content (AvgIpc) is 2.91. The van der Waals surface area contributed by atoms with Crippen molar-refractivity contribution >= 4 is 11.8 Å². The van der Waals surface area contributed by atoms with Gasteiger partial charge in [-0.2, -0.15) is 11.8 Å². The molecule has 3 unspecified atom stereocenters. The van der Waals surface area contributed by atoms with E-state index in [0.717, 1.165) is 24.0 Å². The highest BCUT2D eigenvalue weighted by Gasteiger charge is 2.25. The van der Waals surface area contributed by atoms with Gasteiger partial charge in [-0.1, -0.05) is 25.1 Å². The van der Waals surface area contributed by atoms with Crippen molar-refractivity contribution in [3.63, 3.8) is 0 Å². The molecule has 3 atom stereocenters. The summed E-state index contributed by atoms with van der Waals surface area (Å²) in [5.74, 6) is 2.33. The first-order chi connectivity index (χ1) is 8.31. The van der Waals surface area contributed by atoms with E-state index < -0.39 is 0 Å². The molecule has 3 heteroatoms. The summed E-state index contributed by atoms with van der Waals surface area (Å²) in [6.07, 6.45) is 2.68. The lowest BCUT2D eigenvalue weighted by Gasteiger charge is -2.16. The molecule has 2 aliphatic rings. The number of hydrogen-bond acceptors (Lipinski definition) is 3. The van der Waals surface area contributed by atoms with E-state index in [1.54, 1.807) is 0 Å². The van der Waals surface area contributed by atoms with Gasteiger partial charge in [0.25, 0.3) is 0 Å². The van der Waals surface area contributed by atoms with Crippen LogP contribution in [0.5, 0.6) is 5.75 Å². The van der Waals surface area contributed by atoms with Gasteiger partial charge in [-0.15, -0.1) is 0 Å². The molecule has 0 aliphatic carbocycles. The Labute approximate surface area is 107 Å². The maximum atomic E-state index is 5.92. The van der Waals surface area contributed by atoms with Gasteiger partial charge in [0.05, 0.1) is 0 Å². The minimum absolute atomic E-state index is 0.327. The molecule has 2 heterocycles. The zero-order valence-corrected chi connectivity index (χ0v) is 11.0. The Morgan fingerprint density at radius 3 is 3.06 bits per heavy atom. The Morgan fingerprint density at radius 2 is 2.29 bits per heavy atom. The van der Waals surface area contributed by atoms with E-state index in [1.165, 1.54) is 17.7 Å². The van der Waals surface area contributed by atoms with Gasteiger partial charge in [0, 0.05) is 30.0 Å². The fourth-order valence-corrected chi connectivity index (χ4v) is 3.81.